The summed E-state index contributed by atoms with van der Waals surface area (Å²) in [6.45, 7) is 0. The zero-order valence-corrected chi connectivity index (χ0v) is 13.2. The minimum atomic E-state index is -3.67. The fourth-order valence-corrected chi connectivity index (χ4v) is 4.57. The Bertz CT molecular complexity index is 687. The molecule has 0 spiro atoms. The quantitative estimate of drug-likeness (QED) is 0.769. The molecule has 1 heterocycles. The van der Waals surface area contributed by atoms with Crippen molar-refractivity contribution in [2.24, 2.45) is 0 Å². The Morgan fingerprint density at radius 3 is 2.56 bits per heavy atom. The normalized spacial score (nSPS) is 11.5. The van der Waals surface area contributed by atoms with Gasteiger partial charge in [-0.2, -0.15) is 0 Å². The fourth-order valence-electron chi connectivity index (χ4n) is 1.21. The number of hydrogen-bond acceptors (Lipinski definition) is 3. The summed E-state index contributed by atoms with van der Waals surface area (Å²) in [7, 11) is -3.67. The molecular formula is C10H6ClFINO2S2. The zero-order chi connectivity index (χ0) is 13.3. The van der Waals surface area contributed by atoms with Crippen LogP contribution in [0.3, 0.4) is 0 Å². The molecule has 3 nitrogen and oxygen atoms in total. The molecule has 0 radical (unpaired) electrons. The Balaban J connectivity index is 2.33. The topological polar surface area (TPSA) is 46.2 Å². The second-order valence-electron chi connectivity index (χ2n) is 3.29. The minimum Gasteiger partial charge on any atom is -0.278 e. The molecule has 0 unspecified atom stereocenters. The van der Waals surface area contributed by atoms with Gasteiger partial charge in [-0.3, -0.25) is 4.72 Å². The van der Waals surface area contributed by atoms with Gasteiger partial charge in [0.25, 0.3) is 10.0 Å². The molecule has 8 heteroatoms. The van der Waals surface area contributed by atoms with Gasteiger partial charge in [0.1, 0.15) is 10.0 Å². The van der Waals surface area contributed by atoms with E-state index in [0.29, 0.717) is 13.6 Å². The van der Waals surface area contributed by atoms with Crippen LogP contribution in [0.25, 0.3) is 0 Å². The predicted molar refractivity (Wildman–Crippen MR) is 79.3 cm³/mol. The van der Waals surface area contributed by atoms with Crippen molar-refractivity contribution in [2.45, 2.75) is 4.21 Å². The third-order valence-corrected chi connectivity index (χ3v) is 5.97. The van der Waals surface area contributed by atoms with Crippen LogP contribution in [0.15, 0.2) is 34.5 Å². The lowest BCUT2D eigenvalue weighted by Gasteiger charge is -2.08. The first-order valence-electron chi connectivity index (χ1n) is 4.62. The molecule has 1 aromatic carbocycles. The largest absolute Gasteiger partial charge is 0.278 e. The van der Waals surface area contributed by atoms with Gasteiger partial charge in [0.05, 0.1) is 10.0 Å². The highest BCUT2D eigenvalue weighted by atomic mass is 127. The number of halogens is 3. The monoisotopic (exact) mass is 417 g/mol. The molecule has 0 saturated heterocycles. The van der Waals surface area contributed by atoms with Crippen LogP contribution in [0.4, 0.5) is 10.1 Å². The minimum absolute atomic E-state index is 0.118. The summed E-state index contributed by atoms with van der Waals surface area (Å²) < 4.78 is 40.3. The Labute approximate surface area is 126 Å². The first kappa shape index (κ1) is 14.0. The number of benzene rings is 1. The number of thiophene rings is 1. The van der Waals surface area contributed by atoms with Crippen LogP contribution >= 0.6 is 45.5 Å². The average Bonchev–Trinajstić information content (AvgIpc) is 2.70. The molecule has 2 aromatic rings. The number of nitrogens with one attached hydrogen (secondary N) is 1. The van der Waals surface area contributed by atoms with E-state index in [2.05, 4.69) is 4.72 Å². The van der Waals surface area contributed by atoms with Gasteiger partial charge < -0.3 is 0 Å². The van der Waals surface area contributed by atoms with Crippen LogP contribution in [0, 0.1) is 9.39 Å². The van der Waals surface area contributed by atoms with Gasteiger partial charge >= 0.3 is 0 Å². The number of hydrogen-bond donors (Lipinski definition) is 1. The fraction of sp³-hybridized carbons (Fsp3) is 0. The van der Waals surface area contributed by atoms with Gasteiger partial charge in [0.2, 0.25) is 0 Å². The van der Waals surface area contributed by atoms with E-state index in [1.165, 1.54) is 30.3 Å². The summed E-state index contributed by atoms with van der Waals surface area (Å²) in [6.07, 6.45) is 0. The third kappa shape index (κ3) is 3.14. The highest BCUT2D eigenvalue weighted by Gasteiger charge is 2.17. The third-order valence-electron chi connectivity index (χ3n) is 1.99. The lowest BCUT2D eigenvalue weighted by Crippen LogP contribution is -2.12. The summed E-state index contributed by atoms with van der Waals surface area (Å²) in [5, 5.41) is 0. The van der Waals surface area contributed by atoms with E-state index in [1.54, 1.807) is 0 Å². The maximum atomic E-state index is 12.9. The van der Waals surface area contributed by atoms with Crippen LogP contribution in [0.5, 0.6) is 0 Å². The van der Waals surface area contributed by atoms with Crippen LogP contribution in [-0.2, 0) is 10.0 Å². The van der Waals surface area contributed by atoms with Gasteiger partial charge in [-0.25, -0.2) is 12.8 Å². The molecular weight excluding hydrogens is 412 g/mol. The van der Waals surface area contributed by atoms with Crippen LogP contribution < -0.4 is 4.72 Å². The Morgan fingerprint density at radius 1 is 1.28 bits per heavy atom. The molecule has 0 aliphatic carbocycles. The van der Waals surface area contributed by atoms with E-state index in [-0.39, 0.29) is 4.21 Å². The Hall–Kier alpha value is -0.380. The lowest BCUT2D eigenvalue weighted by atomic mass is 10.3. The Kier molecular flexibility index (Phi) is 4.15. The molecule has 0 amide bonds. The van der Waals surface area contributed by atoms with Crippen molar-refractivity contribution in [3.05, 3.63) is 44.1 Å². The lowest BCUT2D eigenvalue weighted by molar-refractivity contribution is 0.603. The molecule has 0 fully saturated rings. The van der Waals surface area contributed by atoms with E-state index in [1.807, 2.05) is 22.6 Å². The molecule has 18 heavy (non-hydrogen) atoms. The number of anilines is 1. The van der Waals surface area contributed by atoms with E-state index < -0.39 is 15.8 Å². The highest BCUT2D eigenvalue weighted by Crippen LogP contribution is 2.28. The van der Waals surface area contributed by atoms with Crippen molar-refractivity contribution in [1.29, 1.82) is 0 Å². The molecule has 0 saturated carbocycles. The second-order valence-corrected chi connectivity index (χ2v) is 8.07. The molecule has 0 atom stereocenters. The van der Waals surface area contributed by atoms with E-state index in [4.69, 9.17) is 11.6 Å². The molecule has 2 rings (SSSR count). The standard InChI is InChI=1S/C10H6ClFINO2S2/c11-9-3-4-10(17-9)18(15,16)14-8-2-1-6(12)5-7(8)13/h1-5,14H. The van der Waals surface area contributed by atoms with Crippen LogP contribution in [0.2, 0.25) is 4.34 Å². The summed E-state index contributed by atoms with van der Waals surface area (Å²) >= 11 is 8.52. The van der Waals surface area contributed by atoms with Crippen molar-refractivity contribution < 1.29 is 12.8 Å². The van der Waals surface area contributed by atoms with Gasteiger partial charge in [-0.1, -0.05) is 11.6 Å². The van der Waals surface area contributed by atoms with Crippen molar-refractivity contribution in [3.8, 4) is 0 Å². The smallest absolute Gasteiger partial charge is 0.271 e. The van der Waals surface area contributed by atoms with E-state index >= 15 is 0 Å². The molecule has 0 aliphatic heterocycles. The van der Waals surface area contributed by atoms with Crippen molar-refractivity contribution >= 4 is 61.2 Å². The van der Waals surface area contributed by atoms with Crippen molar-refractivity contribution in [3.63, 3.8) is 0 Å². The molecule has 1 aromatic heterocycles. The Morgan fingerprint density at radius 2 is 2.00 bits per heavy atom. The van der Waals surface area contributed by atoms with Gasteiger partial charge in [-0.05, 0) is 52.9 Å². The van der Waals surface area contributed by atoms with E-state index in [9.17, 15) is 12.8 Å². The number of sulfonamides is 1. The van der Waals surface area contributed by atoms with Gasteiger partial charge in [-0.15, -0.1) is 11.3 Å². The first-order valence-corrected chi connectivity index (χ1v) is 8.37. The van der Waals surface area contributed by atoms with Gasteiger partial charge in [0, 0.05) is 3.57 Å². The first-order chi connectivity index (χ1) is 8.38. The van der Waals surface area contributed by atoms with E-state index in [0.717, 1.165) is 11.3 Å². The maximum absolute atomic E-state index is 12.9. The van der Waals surface area contributed by atoms with Crippen molar-refractivity contribution in [2.75, 3.05) is 4.72 Å². The molecule has 96 valence electrons. The van der Waals surface area contributed by atoms with Crippen LogP contribution in [-0.4, -0.2) is 8.42 Å². The zero-order valence-electron chi connectivity index (χ0n) is 8.65. The summed E-state index contributed by atoms with van der Waals surface area (Å²) in [5.41, 5.74) is 0.335. The highest BCUT2D eigenvalue weighted by molar-refractivity contribution is 14.1. The maximum Gasteiger partial charge on any atom is 0.271 e. The summed E-state index contributed by atoms with van der Waals surface area (Å²) in [5.74, 6) is -0.415. The van der Waals surface area contributed by atoms with Gasteiger partial charge in [0.15, 0.2) is 0 Å². The van der Waals surface area contributed by atoms with Crippen LogP contribution in [0.1, 0.15) is 0 Å². The predicted octanol–water partition coefficient (Wildman–Crippen LogP) is 3.95. The molecule has 1 N–H and O–H groups in total. The average molecular weight is 418 g/mol. The number of rotatable bonds is 3. The molecule has 0 bridgehead atoms. The second kappa shape index (κ2) is 5.32. The SMILES string of the molecule is O=S(=O)(Nc1ccc(F)cc1I)c1ccc(Cl)s1. The summed E-state index contributed by atoms with van der Waals surface area (Å²) in [6, 6.07) is 6.76. The summed E-state index contributed by atoms with van der Waals surface area (Å²) in [4.78, 5) is 0. The molecule has 0 aliphatic rings. The van der Waals surface area contributed by atoms with Crippen molar-refractivity contribution in [1.82, 2.24) is 0 Å².